The Hall–Kier alpha value is -4.20. The van der Waals surface area contributed by atoms with E-state index < -0.39 is 5.25 Å². The van der Waals surface area contributed by atoms with Crippen LogP contribution in [0.5, 0.6) is 0 Å². The predicted molar refractivity (Wildman–Crippen MR) is 154 cm³/mol. The maximum Gasteiger partial charge on any atom is 0.255 e. The lowest BCUT2D eigenvalue weighted by Gasteiger charge is -2.21. The van der Waals surface area contributed by atoms with E-state index in [1.807, 2.05) is 13.0 Å². The number of hydrogen-bond donors (Lipinski definition) is 2. The second-order valence-corrected chi connectivity index (χ2v) is 10.6. The van der Waals surface area contributed by atoms with Gasteiger partial charge in [-0.2, -0.15) is 0 Å². The van der Waals surface area contributed by atoms with Crippen molar-refractivity contribution in [2.24, 2.45) is 0 Å². The summed E-state index contributed by atoms with van der Waals surface area (Å²) in [6.45, 7) is 1.90. The van der Waals surface area contributed by atoms with E-state index in [9.17, 15) is 19.2 Å². The lowest BCUT2D eigenvalue weighted by Crippen LogP contribution is -2.28. The molecule has 0 spiro atoms. The van der Waals surface area contributed by atoms with Gasteiger partial charge in [-0.1, -0.05) is 67.1 Å². The fourth-order valence-electron chi connectivity index (χ4n) is 4.43. The van der Waals surface area contributed by atoms with Crippen LogP contribution in [-0.4, -0.2) is 28.6 Å². The molecule has 0 aliphatic heterocycles. The first kappa shape index (κ1) is 26.4. The third-order valence-corrected chi connectivity index (χ3v) is 7.92. The molecular weight excluding hydrogens is 532 g/mol. The number of nitrogens with one attached hydrogen (secondary N) is 2. The topological polar surface area (TPSA) is 92.3 Å². The van der Waals surface area contributed by atoms with Crippen molar-refractivity contribution in [1.29, 1.82) is 0 Å². The molecule has 0 saturated heterocycles. The van der Waals surface area contributed by atoms with Crippen LogP contribution in [0.4, 0.5) is 11.4 Å². The van der Waals surface area contributed by atoms with E-state index in [-0.39, 0.29) is 34.5 Å². The normalized spacial score (nSPS) is 12.8. The van der Waals surface area contributed by atoms with E-state index in [1.54, 1.807) is 84.9 Å². The first-order chi connectivity index (χ1) is 18.9. The van der Waals surface area contributed by atoms with E-state index in [2.05, 4.69) is 10.6 Å². The molecular formula is C31H23ClN2O4S. The molecule has 1 unspecified atom stereocenters. The number of carbonyl (C=O) groups excluding carboxylic acids is 4. The molecule has 0 bridgehead atoms. The minimum Gasteiger partial charge on any atom is -0.324 e. The molecule has 5 rings (SSSR count). The molecule has 4 aromatic rings. The molecule has 0 saturated carbocycles. The molecule has 0 heterocycles. The second-order valence-electron chi connectivity index (χ2n) is 8.93. The summed E-state index contributed by atoms with van der Waals surface area (Å²) in [7, 11) is 0. The zero-order chi connectivity index (χ0) is 27.5. The van der Waals surface area contributed by atoms with Crippen molar-refractivity contribution in [3.63, 3.8) is 0 Å². The SMILES string of the molecule is CCC(Sc1cccc(NC(=O)c2cccc(Cl)c2)c1)C(=O)Nc1cccc2c1C(=O)c1ccccc1C2=O. The third kappa shape index (κ3) is 5.50. The van der Waals surface area contributed by atoms with Crippen LogP contribution < -0.4 is 10.6 Å². The fraction of sp³-hybridized carbons (Fsp3) is 0.0968. The van der Waals surface area contributed by atoms with Crippen molar-refractivity contribution < 1.29 is 19.2 Å². The maximum atomic E-state index is 13.3. The third-order valence-electron chi connectivity index (χ3n) is 6.33. The summed E-state index contributed by atoms with van der Waals surface area (Å²) in [5.74, 6) is -1.11. The van der Waals surface area contributed by atoms with Gasteiger partial charge in [0.25, 0.3) is 5.91 Å². The molecule has 2 N–H and O–H groups in total. The monoisotopic (exact) mass is 554 g/mol. The van der Waals surface area contributed by atoms with Crippen LogP contribution in [-0.2, 0) is 4.79 Å². The predicted octanol–water partition coefficient (Wildman–Crippen LogP) is 6.88. The van der Waals surface area contributed by atoms with Gasteiger partial charge in [-0.15, -0.1) is 11.8 Å². The van der Waals surface area contributed by atoms with Gasteiger partial charge >= 0.3 is 0 Å². The standard InChI is InChI=1S/C31H23ClN2O4S/c1-2-26(39-21-11-6-10-20(17-21)33-30(37)18-8-5-9-19(32)16-18)31(38)34-25-15-7-14-24-27(25)29(36)23-13-4-3-12-22(23)28(24)35/h3-17,26H,2H2,1H3,(H,33,37)(H,34,38). The van der Waals surface area contributed by atoms with E-state index >= 15 is 0 Å². The van der Waals surface area contributed by atoms with Crippen molar-refractivity contribution >= 4 is 58.1 Å². The largest absolute Gasteiger partial charge is 0.324 e. The van der Waals surface area contributed by atoms with Gasteiger partial charge in [0.2, 0.25) is 5.91 Å². The van der Waals surface area contributed by atoms with Gasteiger partial charge in [0.15, 0.2) is 11.6 Å². The number of halogens is 1. The Morgan fingerprint density at radius 1 is 0.795 bits per heavy atom. The van der Waals surface area contributed by atoms with Crippen molar-refractivity contribution in [2.75, 3.05) is 10.6 Å². The molecule has 1 aliphatic rings. The number of rotatable bonds is 7. The van der Waals surface area contributed by atoms with E-state index in [1.165, 1.54) is 11.8 Å². The van der Waals surface area contributed by atoms with Crippen molar-refractivity contribution in [1.82, 2.24) is 0 Å². The maximum absolute atomic E-state index is 13.3. The molecule has 8 heteroatoms. The summed E-state index contributed by atoms with van der Waals surface area (Å²) >= 11 is 7.34. The number of anilines is 2. The summed E-state index contributed by atoms with van der Waals surface area (Å²) in [6.07, 6.45) is 0.514. The van der Waals surface area contributed by atoms with Crippen LogP contribution in [0, 0.1) is 0 Å². The Morgan fingerprint density at radius 2 is 1.49 bits per heavy atom. The Kier molecular flexibility index (Phi) is 7.63. The lowest BCUT2D eigenvalue weighted by molar-refractivity contribution is -0.115. The molecule has 194 valence electrons. The zero-order valence-corrected chi connectivity index (χ0v) is 22.4. The minimum atomic E-state index is -0.485. The molecule has 4 aromatic carbocycles. The van der Waals surface area contributed by atoms with Gasteiger partial charge in [-0.05, 0) is 48.9 Å². The lowest BCUT2D eigenvalue weighted by atomic mass is 9.83. The first-order valence-electron chi connectivity index (χ1n) is 12.3. The highest BCUT2D eigenvalue weighted by Crippen LogP contribution is 2.33. The molecule has 6 nitrogen and oxygen atoms in total. The van der Waals surface area contributed by atoms with Crippen LogP contribution in [0.3, 0.4) is 0 Å². The van der Waals surface area contributed by atoms with Gasteiger partial charge in [0, 0.05) is 37.9 Å². The van der Waals surface area contributed by atoms with Crippen LogP contribution in [0.1, 0.15) is 55.5 Å². The molecule has 0 radical (unpaired) electrons. The quantitative estimate of drug-likeness (QED) is 0.214. The zero-order valence-electron chi connectivity index (χ0n) is 20.9. The highest BCUT2D eigenvalue weighted by atomic mass is 35.5. The second kappa shape index (κ2) is 11.3. The average molecular weight is 555 g/mol. The van der Waals surface area contributed by atoms with E-state index in [4.69, 9.17) is 11.6 Å². The summed E-state index contributed by atoms with van der Waals surface area (Å²) in [5, 5.41) is 5.72. The summed E-state index contributed by atoms with van der Waals surface area (Å²) in [5.41, 5.74) is 2.51. The number of benzene rings is 4. The van der Waals surface area contributed by atoms with E-state index in [0.717, 1.165) is 4.90 Å². The average Bonchev–Trinajstić information content (AvgIpc) is 2.94. The number of thioether (sulfide) groups is 1. The van der Waals surface area contributed by atoms with Crippen LogP contribution in [0.2, 0.25) is 5.02 Å². The molecule has 1 atom stereocenters. The molecule has 2 amide bonds. The molecule has 39 heavy (non-hydrogen) atoms. The molecule has 0 fully saturated rings. The Labute approximate surface area is 234 Å². The van der Waals surface area contributed by atoms with Crippen molar-refractivity contribution in [2.45, 2.75) is 23.5 Å². The summed E-state index contributed by atoms with van der Waals surface area (Å²) < 4.78 is 0. The Balaban J connectivity index is 1.32. The van der Waals surface area contributed by atoms with Crippen molar-refractivity contribution in [3.8, 4) is 0 Å². The van der Waals surface area contributed by atoms with Gasteiger partial charge in [0.05, 0.1) is 16.5 Å². The number of carbonyl (C=O) groups is 4. The number of hydrogen-bond acceptors (Lipinski definition) is 5. The van der Waals surface area contributed by atoms with Gasteiger partial charge in [-0.25, -0.2) is 0 Å². The highest BCUT2D eigenvalue weighted by Gasteiger charge is 2.32. The Morgan fingerprint density at radius 3 is 2.23 bits per heavy atom. The van der Waals surface area contributed by atoms with Gasteiger partial charge < -0.3 is 10.6 Å². The van der Waals surface area contributed by atoms with E-state index in [0.29, 0.717) is 39.5 Å². The number of ketones is 2. The summed E-state index contributed by atoms with van der Waals surface area (Å²) in [4.78, 5) is 53.1. The van der Waals surface area contributed by atoms with Gasteiger partial charge in [-0.3, -0.25) is 19.2 Å². The Bertz CT molecular complexity index is 1630. The highest BCUT2D eigenvalue weighted by molar-refractivity contribution is 8.00. The van der Waals surface area contributed by atoms with Crippen LogP contribution in [0.15, 0.2) is 95.9 Å². The van der Waals surface area contributed by atoms with Crippen LogP contribution >= 0.6 is 23.4 Å². The molecule has 1 aliphatic carbocycles. The minimum absolute atomic E-state index is 0.208. The summed E-state index contributed by atoms with van der Waals surface area (Å²) in [6, 6.07) is 25.5. The smallest absolute Gasteiger partial charge is 0.255 e. The molecule has 0 aromatic heterocycles. The number of amides is 2. The van der Waals surface area contributed by atoms with Gasteiger partial charge in [0.1, 0.15) is 0 Å². The first-order valence-corrected chi connectivity index (χ1v) is 13.6. The fourth-order valence-corrected chi connectivity index (χ4v) is 5.63. The number of fused-ring (bicyclic) bond motifs is 2. The van der Waals surface area contributed by atoms with Crippen molar-refractivity contribution in [3.05, 3.63) is 124 Å². The van der Waals surface area contributed by atoms with Crippen LogP contribution in [0.25, 0.3) is 0 Å².